The van der Waals surface area contributed by atoms with Gasteiger partial charge < -0.3 is 10.3 Å². The Kier molecular flexibility index (Phi) is 3.84. The SMILES string of the molecule is CCCCc1c(-c2cnc3ccccc3c2)c2c(N)ncnc2n1C. The number of benzene rings is 1. The summed E-state index contributed by atoms with van der Waals surface area (Å²) in [5.74, 6) is 0.520. The maximum atomic E-state index is 6.23. The standard InChI is InChI=1S/C20H21N5/c1-3-4-9-16-17(18-19(21)23-12-24-20(18)25(16)2)14-10-13-7-5-6-8-15(13)22-11-14/h5-8,10-12H,3-4,9H2,1-2H3,(H2,21,23,24). The molecule has 0 aliphatic carbocycles. The molecule has 0 fully saturated rings. The number of nitrogen functional groups attached to an aromatic ring is 1. The molecule has 4 aromatic rings. The number of hydrogen-bond acceptors (Lipinski definition) is 4. The van der Waals surface area contributed by atoms with Gasteiger partial charge in [-0.2, -0.15) is 0 Å². The monoisotopic (exact) mass is 331 g/mol. The second-order valence-corrected chi connectivity index (χ2v) is 6.36. The average molecular weight is 331 g/mol. The van der Waals surface area contributed by atoms with Crippen molar-refractivity contribution >= 4 is 27.8 Å². The number of hydrogen-bond donors (Lipinski definition) is 1. The maximum Gasteiger partial charge on any atom is 0.146 e. The molecule has 0 saturated heterocycles. The number of unbranched alkanes of at least 4 members (excludes halogenated alkanes) is 1. The van der Waals surface area contributed by atoms with Gasteiger partial charge in [0.25, 0.3) is 0 Å². The third-order valence-electron chi connectivity index (χ3n) is 4.76. The molecule has 0 radical (unpaired) electrons. The zero-order chi connectivity index (χ0) is 17.4. The molecule has 5 heteroatoms. The van der Waals surface area contributed by atoms with Crippen LogP contribution in [0.15, 0.2) is 42.9 Å². The number of aryl methyl sites for hydroxylation is 1. The fourth-order valence-electron chi connectivity index (χ4n) is 3.48. The second-order valence-electron chi connectivity index (χ2n) is 6.36. The highest BCUT2D eigenvalue weighted by molar-refractivity contribution is 6.03. The summed E-state index contributed by atoms with van der Waals surface area (Å²) in [4.78, 5) is 13.3. The minimum atomic E-state index is 0.520. The minimum absolute atomic E-state index is 0.520. The second kappa shape index (κ2) is 6.16. The van der Waals surface area contributed by atoms with Crippen molar-refractivity contribution in [1.82, 2.24) is 19.5 Å². The molecule has 0 amide bonds. The Morgan fingerprint density at radius 2 is 1.96 bits per heavy atom. The summed E-state index contributed by atoms with van der Waals surface area (Å²) in [6, 6.07) is 10.3. The largest absolute Gasteiger partial charge is 0.383 e. The number of para-hydroxylation sites is 1. The van der Waals surface area contributed by atoms with E-state index in [0.717, 1.165) is 52.3 Å². The molecule has 5 nitrogen and oxygen atoms in total. The molecule has 0 saturated carbocycles. The Bertz CT molecular complexity index is 1060. The highest BCUT2D eigenvalue weighted by Gasteiger charge is 2.20. The number of pyridine rings is 1. The van der Waals surface area contributed by atoms with Crippen LogP contribution in [0.2, 0.25) is 0 Å². The Balaban J connectivity index is 2.03. The molecular weight excluding hydrogens is 310 g/mol. The Morgan fingerprint density at radius 1 is 1.12 bits per heavy atom. The van der Waals surface area contributed by atoms with Crippen LogP contribution >= 0.6 is 0 Å². The molecule has 0 aliphatic rings. The molecule has 3 heterocycles. The zero-order valence-corrected chi connectivity index (χ0v) is 14.5. The average Bonchev–Trinajstić information content (AvgIpc) is 2.93. The predicted molar refractivity (Wildman–Crippen MR) is 102 cm³/mol. The molecule has 3 aromatic heterocycles. The van der Waals surface area contributed by atoms with Crippen molar-refractivity contribution in [3.63, 3.8) is 0 Å². The van der Waals surface area contributed by atoms with Crippen molar-refractivity contribution in [1.29, 1.82) is 0 Å². The van der Waals surface area contributed by atoms with Crippen LogP contribution in [-0.2, 0) is 13.5 Å². The van der Waals surface area contributed by atoms with Gasteiger partial charge in [0.1, 0.15) is 17.8 Å². The van der Waals surface area contributed by atoms with Crippen molar-refractivity contribution in [2.45, 2.75) is 26.2 Å². The van der Waals surface area contributed by atoms with Crippen LogP contribution in [0, 0.1) is 0 Å². The molecule has 0 aliphatic heterocycles. The first-order valence-corrected chi connectivity index (χ1v) is 8.63. The van der Waals surface area contributed by atoms with Gasteiger partial charge >= 0.3 is 0 Å². The van der Waals surface area contributed by atoms with Crippen molar-refractivity contribution in [3.8, 4) is 11.1 Å². The van der Waals surface area contributed by atoms with Crippen molar-refractivity contribution in [2.75, 3.05) is 5.73 Å². The van der Waals surface area contributed by atoms with Gasteiger partial charge in [0, 0.05) is 35.5 Å². The Labute approximate surface area is 146 Å². The molecule has 2 N–H and O–H groups in total. The van der Waals surface area contributed by atoms with Gasteiger partial charge in [0.2, 0.25) is 0 Å². The first-order valence-electron chi connectivity index (χ1n) is 8.63. The molecule has 0 atom stereocenters. The normalized spacial score (nSPS) is 11.4. The topological polar surface area (TPSA) is 69.6 Å². The maximum absolute atomic E-state index is 6.23. The van der Waals surface area contributed by atoms with Crippen LogP contribution in [0.4, 0.5) is 5.82 Å². The third kappa shape index (κ3) is 2.52. The van der Waals surface area contributed by atoms with Crippen LogP contribution in [0.5, 0.6) is 0 Å². The molecule has 0 bridgehead atoms. The van der Waals surface area contributed by atoms with E-state index in [1.54, 1.807) is 0 Å². The van der Waals surface area contributed by atoms with Gasteiger partial charge in [-0.25, -0.2) is 9.97 Å². The molecule has 4 rings (SSSR count). The van der Waals surface area contributed by atoms with E-state index in [1.807, 2.05) is 24.4 Å². The summed E-state index contributed by atoms with van der Waals surface area (Å²) >= 11 is 0. The molecule has 1 aromatic carbocycles. The number of rotatable bonds is 4. The summed E-state index contributed by atoms with van der Waals surface area (Å²) in [6.45, 7) is 2.20. The first-order chi connectivity index (χ1) is 12.2. The number of aromatic nitrogens is 4. The first kappa shape index (κ1) is 15.6. The smallest absolute Gasteiger partial charge is 0.146 e. The van der Waals surface area contributed by atoms with Gasteiger partial charge in [-0.05, 0) is 25.0 Å². The van der Waals surface area contributed by atoms with Crippen LogP contribution in [-0.4, -0.2) is 19.5 Å². The molecule has 25 heavy (non-hydrogen) atoms. The van der Waals surface area contributed by atoms with Gasteiger partial charge in [0.15, 0.2) is 0 Å². The summed E-state index contributed by atoms with van der Waals surface area (Å²) in [5, 5.41) is 2.04. The summed E-state index contributed by atoms with van der Waals surface area (Å²) < 4.78 is 2.15. The van der Waals surface area contributed by atoms with Crippen molar-refractivity contribution < 1.29 is 0 Å². The Morgan fingerprint density at radius 3 is 2.80 bits per heavy atom. The van der Waals surface area contributed by atoms with E-state index in [-0.39, 0.29) is 0 Å². The quantitative estimate of drug-likeness (QED) is 0.611. The lowest BCUT2D eigenvalue weighted by Crippen LogP contribution is -1.99. The van der Waals surface area contributed by atoms with E-state index < -0.39 is 0 Å². The van der Waals surface area contributed by atoms with E-state index >= 15 is 0 Å². The van der Waals surface area contributed by atoms with E-state index in [0.29, 0.717) is 5.82 Å². The van der Waals surface area contributed by atoms with E-state index in [1.165, 1.54) is 12.0 Å². The van der Waals surface area contributed by atoms with Crippen LogP contribution in [0.25, 0.3) is 33.1 Å². The minimum Gasteiger partial charge on any atom is -0.383 e. The lowest BCUT2D eigenvalue weighted by Gasteiger charge is -2.08. The van der Waals surface area contributed by atoms with Gasteiger partial charge in [0.05, 0.1) is 10.9 Å². The third-order valence-corrected chi connectivity index (χ3v) is 4.76. The Hall–Kier alpha value is -2.95. The summed E-state index contributed by atoms with van der Waals surface area (Å²) in [5.41, 5.74) is 11.5. The van der Waals surface area contributed by atoms with Gasteiger partial charge in [-0.3, -0.25) is 4.98 Å². The number of nitrogens with two attached hydrogens (primary N) is 1. The molecule has 126 valence electrons. The molecule has 0 spiro atoms. The van der Waals surface area contributed by atoms with Crippen LogP contribution in [0.3, 0.4) is 0 Å². The van der Waals surface area contributed by atoms with Crippen molar-refractivity contribution in [2.24, 2.45) is 7.05 Å². The molecular formula is C20H21N5. The lowest BCUT2D eigenvalue weighted by molar-refractivity contribution is 0.741. The fraction of sp³-hybridized carbons (Fsp3) is 0.250. The lowest BCUT2D eigenvalue weighted by atomic mass is 10.00. The summed E-state index contributed by atoms with van der Waals surface area (Å²) in [6.07, 6.45) is 6.69. The molecule has 0 unspecified atom stereocenters. The van der Waals surface area contributed by atoms with E-state index in [9.17, 15) is 0 Å². The highest BCUT2D eigenvalue weighted by Crippen LogP contribution is 2.37. The number of anilines is 1. The summed E-state index contributed by atoms with van der Waals surface area (Å²) in [7, 11) is 2.05. The number of nitrogens with zero attached hydrogens (tertiary/aromatic N) is 4. The van der Waals surface area contributed by atoms with Gasteiger partial charge in [-0.1, -0.05) is 31.5 Å². The van der Waals surface area contributed by atoms with Crippen LogP contribution < -0.4 is 5.73 Å². The fourth-order valence-corrected chi connectivity index (χ4v) is 3.48. The predicted octanol–water partition coefficient (Wildman–Crippen LogP) is 4.11. The van der Waals surface area contributed by atoms with Crippen LogP contribution in [0.1, 0.15) is 25.5 Å². The highest BCUT2D eigenvalue weighted by atomic mass is 15.1. The van der Waals surface area contributed by atoms with E-state index in [4.69, 9.17) is 5.73 Å². The van der Waals surface area contributed by atoms with Crippen molar-refractivity contribution in [3.05, 3.63) is 48.5 Å². The van der Waals surface area contributed by atoms with E-state index in [2.05, 4.69) is 45.6 Å². The van der Waals surface area contributed by atoms with Gasteiger partial charge in [-0.15, -0.1) is 0 Å². The zero-order valence-electron chi connectivity index (χ0n) is 14.5. The number of fused-ring (bicyclic) bond motifs is 2.